The van der Waals surface area contributed by atoms with Gasteiger partial charge >= 0.3 is 12.0 Å². The Kier molecular flexibility index (Phi) is 7.78. The van der Waals surface area contributed by atoms with Crippen molar-refractivity contribution >= 4 is 12.0 Å². The number of urea groups is 1. The molecule has 0 saturated carbocycles. The Morgan fingerprint density at radius 1 is 1.32 bits per heavy atom. The Hall–Kier alpha value is -1.60. The average Bonchev–Trinajstić information content (AvgIpc) is 2.40. The molecule has 0 aromatic rings. The maximum atomic E-state index is 11.5. The van der Waals surface area contributed by atoms with E-state index in [1.807, 2.05) is 0 Å². The SMILES string of the molecule is C=C(C)C(=O)OCCNC(=O)NC(CC)(CO)CO. The number of hydrogen-bond acceptors (Lipinski definition) is 5. The van der Waals surface area contributed by atoms with Crippen LogP contribution in [0.4, 0.5) is 4.79 Å². The van der Waals surface area contributed by atoms with E-state index in [-0.39, 0.29) is 31.9 Å². The summed E-state index contributed by atoms with van der Waals surface area (Å²) in [5, 5.41) is 23.2. The fourth-order valence-corrected chi connectivity index (χ4v) is 1.16. The van der Waals surface area contributed by atoms with E-state index in [9.17, 15) is 9.59 Å². The van der Waals surface area contributed by atoms with E-state index in [0.29, 0.717) is 6.42 Å². The maximum absolute atomic E-state index is 11.5. The molecule has 2 amide bonds. The highest BCUT2D eigenvalue weighted by molar-refractivity contribution is 5.86. The Balaban J connectivity index is 3.99. The summed E-state index contributed by atoms with van der Waals surface area (Å²) >= 11 is 0. The molecule has 7 heteroatoms. The molecule has 0 aromatic carbocycles. The molecule has 0 spiro atoms. The van der Waals surface area contributed by atoms with E-state index in [4.69, 9.17) is 14.9 Å². The molecule has 0 atom stereocenters. The fourth-order valence-electron chi connectivity index (χ4n) is 1.16. The first-order valence-electron chi connectivity index (χ1n) is 6.01. The van der Waals surface area contributed by atoms with Gasteiger partial charge in [0.25, 0.3) is 0 Å². The van der Waals surface area contributed by atoms with Crippen LogP contribution in [0.2, 0.25) is 0 Å². The first-order chi connectivity index (χ1) is 8.90. The number of rotatable bonds is 8. The van der Waals surface area contributed by atoms with Gasteiger partial charge in [-0.2, -0.15) is 0 Å². The molecule has 0 unspecified atom stereocenters. The molecule has 0 aliphatic carbocycles. The number of nitrogens with one attached hydrogen (secondary N) is 2. The summed E-state index contributed by atoms with van der Waals surface area (Å²) in [6.07, 6.45) is 0.387. The zero-order valence-electron chi connectivity index (χ0n) is 11.4. The summed E-state index contributed by atoms with van der Waals surface area (Å²) in [6, 6.07) is -0.545. The van der Waals surface area contributed by atoms with Crippen molar-refractivity contribution in [2.45, 2.75) is 25.8 Å². The monoisotopic (exact) mass is 274 g/mol. The highest BCUT2D eigenvalue weighted by Gasteiger charge is 2.28. The molecule has 110 valence electrons. The van der Waals surface area contributed by atoms with Gasteiger partial charge in [-0.15, -0.1) is 0 Å². The lowest BCUT2D eigenvalue weighted by Gasteiger charge is -2.29. The molecule has 0 heterocycles. The first kappa shape index (κ1) is 17.4. The zero-order chi connectivity index (χ0) is 14.9. The number of amides is 2. The fraction of sp³-hybridized carbons (Fsp3) is 0.667. The van der Waals surface area contributed by atoms with Crippen molar-refractivity contribution < 1.29 is 24.5 Å². The summed E-state index contributed by atoms with van der Waals surface area (Å²) < 4.78 is 4.78. The van der Waals surface area contributed by atoms with Crippen molar-refractivity contribution in [3.05, 3.63) is 12.2 Å². The van der Waals surface area contributed by atoms with Crippen LogP contribution in [0.1, 0.15) is 20.3 Å². The molecule has 4 N–H and O–H groups in total. The van der Waals surface area contributed by atoms with E-state index in [1.54, 1.807) is 6.92 Å². The van der Waals surface area contributed by atoms with Crippen LogP contribution in [0.15, 0.2) is 12.2 Å². The van der Waals surface area contributed by atoms with Crippen molar-refractivity contribution in [1.82, 2.24) is 10.6 Å². The quantitative estimate of drug-likeness (QED) is 0.272. The van der Waals surface area contributed by atoms with Gasteiger partial charge in [-0.3, -0.25) is 0 Å². The maximum Gasteiger partial charge on any atom is 0.333 e. The molecule has 7 nitrogen and oxygen atoms in total. The smallest absolute Gasteiger partial charge is 0.333 e. The van der Waals surface area contributed by atoms with Gasteiger partial charge in [-0.25, -0.2) is 9.59 Å². The second-order valence-corrected chi connectivity index (χ2v) is 4.25. The lowest BCUT2D eigenvalue weighted by atomic mass is 9.99. The Morgan fingerprint density at radius 2 is 1.89 bits per heavy atom. The molecule has 0 saturated heterocycles. The van der Waals surface area contributed by atoms with Crippen molar-refractivity contribution in [3.8, 4) is 0 Å². The lowest BCUT2D eigenvalue weighted by Crippen LogP contribution is -2.56. The minimum Gasteiger partial charge on any atom is -0.460 e. The Bertz CT molecular complexity index is 318. The summed E-state index contributed by atoms with van der Waals surface area (Å²) in [6.45, 7) is 6.11. The third-order valence-electron chi connectivity index (χ3n) is 2.63. The third kappa shape index (κ3) is 6.21. The van der Waals surface area contributed by atoms with Crippen molar-refractivity contribution in [2.75, 3.05) is 26.4 Å². The van der Waals surface area contributed by atoms with Gasteiger partial charge in [0.15, 0.2) is 0 Å². The van der Waals surface area contributed by atoms with Gasteiger partial charge in [-0.1, -0.05) is 13.5 Å². The minimum atomic E-state index is -1.04. The minimum absolute atomic E-state index is 0.0243. The molecule has 0 aliphatic heterocycles. The molecule has 0 radical (unpaired) electrons. The molecular formula is C12H22N2O5. The second kappa shape index (κ2) is 8.49. The zero-order valence-corrected chi connectivity index (χ0v) is 11.4. The molecule has 0 fully saturated rings. The molecule has 0 rings (SSSR count). The van der Waals surface area contributed by atoms with Gasteiger partial charge in [0.1, 0.15) is 6.61 Å². The van der Waals surface area contributed by atoms with Gasteiger partial charge in [0, 0.05) is 5.57 Å². The largest absolute Gasteiger partial charge is 0.460 e. The van der Waals surface area contributed by atoms with Crippen LogP contribution in [0.5, 0.6) is 0 Å². The highest BCUT2D eigenvalue weighted by atomic mass is 16.5. The van der Waals surface area contributed by atoms with E-state index in [2.05, 4.69) is 17.2 Å². The predicted molar refractivity (Wildman–Crippen MR) is 69.5 cm³/mol. The van der Waals surface area contributed by atoms with Crippen molar-refractivity contribution in [1.29, 1.82) is 0 Å². The average molecular weight is 274 g/mol. The van der Waals surface area contributed by atoms with Gasteiger partial charge in [0.05, 0.1) is 25.3 Å². The number of hydrogen-bond donors (Lipinski definition) is 4. The van der Waals surface area contributed by atoms with Gasteiger partial charge in [0.2, 0.25) is 0 Å². The normalized spacial score (nSPS) is 10.7. The van der Waals surface area contributed by atoms with Crippen molar-refractivity contribution in [3.63, 3.8) is 0 Å². The number of ether oxygens (including phenoxy) is 1. The van der Waals surface area contributed by atoms with Crippen LogP contribution in [0.3, 0.4) is 0 Å². The number of aliphatic hydroxyl groups is 2. The molecular weight excluding hydrogens is 252 g/mol. The van der Waals surface area contributed by atoms with Gasteiger partial charge < -0.3 is 25.6 Å². The molecule has 0 aromatic heterocycles. The topological polar surface area (TPSA) is 108 Å². The van der Waals surface area contributed by atoms with Crippen LogP contribution in [-0.2, 0) is 9.53 Å². The Morgan fingerprint density at radius 3 is 2.32 bits per heavy atom. The number of carbonyl (C=O) groups is 2. The highest BCUT2D eigenvalue weighted by Crippen LogP contribution is 2.07. The lowest BCUT2D eigenvalue weighted by molar-refractivity contribution is -0.138. The van der Waals surface area contributed by atoms with Crippen LogP contribution < -0.4 is 10.6 Å². The standard InChI is InChI=1S/C12H22N2O5/c1-4-12(7-15,8-16)14-11(18)13-5-6-19-10(17)9(2)3/h15-16H,2,4-8H2,1,3H3,(H2,13,14,18). The van der Waals surface area contributed by atoms with Crippen LogP contribution >= 0.6 is 0 Å². The van der Waals surface area contributed by atoms with E-state index < -0.39 is 17.5 Å². The van der Waals surface area contributed by atoms with Crippen LogP contribution in [0.25, 0.3) is 0 Å². The molecule has 0 bridgehead atoms. The third-order valence-corrected chi connectivity index (χ3v) is 2.63. The Labute approximate surface area is 112 Å². The van der Waals surface area contributed by atoms with Crippen molar-refractivity contribution in [2.24, 2.45) is 0 Å². The first-order valence-corrected chi connectivity index (χ1v) is 6.01. The molecule has 19 heavy (non-hydrogen) atoms. The summed E-state index contributed by atoms with van der Waals surface area (Å²) in [4.78, 5) is 22.6. The number of carbonyl (C=O) groups excluding carboxylic acids is 2. The van der Waals surface area contributed by atoms with E-state index >= 15 is 0 Å². The summed E-state index contributed by atoms with van der Waals surface area (Å²) in [5.74, 6) is -0.518. The molecule has 0 aliphatic rings. The number of aliphatic hydroxyl groups excluding tert-OH is 2. The summed E-state index contributed by atoms with van der Waals surface area (Å²) in [5.41, 5.74) is -0.756. The van der Waals surface area contributed by atoms with E-state index in [0.717, 1.165) is 0 Å². The predicted octanol–water partition coefficient (Wildman–Crippen LogP) is -0.462. The second-order valence-electron chi connectivity index (χ2n) is 4.25. The van der Waals surface area contributed by atoms with Gasteiger partial charge in [-0.05, 0) is 13.3 Å². The van der Waals surface area contributed by atoms with E-state index in [1.165, 1.54) is 6.92 Å². The number of esters is 1. The van der Waals surface area contributed by atoms with Crippen LogP contribution in [-0.4, -0.2) is 54.1 Å². The van der Waals surface area contributed by atoms with Crippen LogP contribution in [0, 0.1) is 0 Å². The summed E-state index contributed by atoms with van der Waals surface area (Å²) in [7, 11) is 0.